The Morgan fingerprint density at radius 2 is 2.44 bits per heavy atom. The molecule has 84 valence electrons. The van der Waals surface area contributed by atoms with Crippen molar-refractivity contribution >= 4 is 5.69 Å². The maximum absolute atomic E-state index is 8.72. The third-order valence-corrected chi connectivity index (χ3v) is 2.74. The van der Waals surface area contributed by atoms with Gasteiger partial charge < -0.3 is 10.1 Å². The van der Waals surface area contributed by atoms with Crippen LogP contribution in [0.1, 0.15) is 25.5 Å². The number of rotatable bonds is 4. The standard InChI is InChI=1S/C12H15N3O/c1-2-16-12-6-10(7-12)15-9-3-4-14-11(5-9)8-13/h3-5,10,12H,2,6-7H2,1H3,(H,14,15). The largest absolute Gasteiger partial charge is 0.382 e. The number of hydrogen-bond donors (Lipinski definition) is 1. The first kappa shape index (κ1) is 10.9. The van der Waals surface area contributed by atoms with E-state index in [4.69, 9.17) is 10.00 Å². The van der Waals surface area contributed by atoms with Crippen LogP contribution in [0.25, 0.3) is 0 Å². The minimum absolute atomic E-state index is 0.403. The second-order valence-corrected chi connectivity index (χ2v) is 3.93. The molecule has 1 N–H and O–H groups in total. The lowest BCUT2D eigenvalue weighted by Gasteiger charge is -2.36. The highest BCUT2D eigenvalue weighted by Crippen LogP contribution is 2.26. The van der Waals surface area contributed by atoms with E-state index < -0.39 is 0 Å². The summed E-state index contributed by atoms with van der Waals surface area (Å²) in [5.41, 5.74) is 1.41. The zero-order valence-corrected chi connectivity index (χ0v) is 9.31. The van der Waals surface area contributed by atoms with Gasteiger partial charge in [-0.05, 0) is 31.9 Å². The molecule has 2 rings (SSSR count). The molecule has 1 saturated carbocycles. The average molecular weight is 217 g/mol. The number of ether oxygens (including phenoxy) is 1. The Bertz CT molecular complexity index is 393. The maximum atomic E-state index is 8.72. The van der Waals surface area contributed by atoms with Gasteiger partial charge in [-0.3, -0.25) is 0 Å². The summed E-state index contributed by atoms with van der Waals surface area (Å²) in [7, 11) is 0. The molecule has 0 spiro atoms. The molecule has 0 aromatic carbocycles. The lowest BCUT2D eigenvalue weighted by molar-refractivity contribution is 0.00299. The predicted octanol–water partition coefficient (Wildman–Crippen LogP) is 1.93. The van der Waals surface area contributed by atoms with Gasteiger partial charge in [-0.15, -0.1) is 0 Å². The maximum Gasteiger partial charge on any atom is 0.142 e. The summed E-state index contributed by atoms with van der Waals surface area (Å²) in [5.74, 6) is 0. The zero-order chi connectivity index (χ0) is 11.4. The van der Waals surface area contributed by atoms with Crippen LogP contribution in [0.4, 0.5) is 5.69 Å². The number of hydrogen-bond acceptors (Lipinski definition) is 4. The predicted molar refractivity (Wildman–Crippen MR) is 61.0 cm³/mol. The normalized spacial score (nSPS) is 23.2. The van der Waals surface area contributed by atoms with Gasteiger partial charge in [0.1, 0.15) is 11.8 Å². The Balaban J connectivity index is 1.85. The van der Waals surface area contributed by atoms with E-state index in [0.717, 1.165) is 25.1 Å². The number of nitrogens with one attached hydrogen (secondary N) is 1. The van der Waals surface area contributed by atoms with Crippen LogP contribution < -0.4 is 5.32 Å². The average Bonchev–Trinajstić information content (AvgIpc) is 2.27. The molecule has 4 nitrogen and oxygen atoms in total. The molecule has 16 heavy (non-hydrogen) atoms. The monoisotopic (exact) mass is 217 g/mol. The molecule has 1 aromatic heterocycles. The van der Waals surface area contributed by atoms with Crippen LogP contribution in [-0.2, 0) is 4.74 Å². The molecule has 0 radical (unpaired) electrons. The lowest BCUT2D eigenvalue weighted by Crippen LogP contribution is -2.40. The van der Waals surface area contributed by atoms with Crippen LogP contribution in [0.3, 0.4) is 0 Å². The van der Waals surface area contributed by atoms with Crippen molar-refractivity contribution in [2.24, 2.45) is 0 Å². The molecule has 1 aromatic rings. The molecule has 0 unspecified atom stereocenters. The molecule has 0 atom stereocenters. The lowest BCUT2D eigenvalue weighted by atomic mass is 9.89. The Morgan fingerprint density at radius 1 is 1.62 bits per heavy atom. The van der Waals surface area contributed by atoms with Crippen LogP contribution in [-0.4, -0.2) is 23.7 Å². The third kappa shape index (κ3) is 2.50. The molecule has 1 aliphatic carbocycles. The van der Waals surface area contributed by atoms with Gasteiger partial charge in [0.25, 0.3) is 0 Å². The molecule has 0 bridgehead atoms. The first-order valence-electron chi connectivity index (χ1n) is 5.56. The van der Waals surface area contributed by atoms with Crippen molar-refractivity contribution in [3.8, 4) is 6.07 Å². The molecule has 1 aliphatic rings. The van der Waals surface area contributed by atoms with Crippen molar-refractivity contribution < 1.29 is 4.74 Å². The highest BCUT2D eigenvalue weighted by Gasteiger charge is 2.29. The summed E-state index contributed by atoms with van der Waals surface area (Å²) in [6, 6.07) is 6.15. The molecule has 0 saturated heterocycles. The van der Waals surface area contributed by atoms with Crippen molar-refractivity contribution in [1.82, 2.24) is 4.98 Å². The van der Waals surface area contributed by atoms with E-state index in [1.54, 1.807) is 12.3 Å². The van der Waals surface area contributed by atoms with Gasteiger partial charge in [0.05, 0.1) is 6.10 Å². The molecular formula is C12H15N3O. The highest BCUT2D eigenvalue weighted by atomic mass is 16.5. The van der Waals surface area contributed by atoms with Crippen molar-refractivity contribution in [3.05, 3.63) is 24.0 Å². The SMILES string of the molecule is CCOC1CC(Nc2ccnc(C#N)c2)C1. The summed E-state index contributed by atoms with van der Waals surface area (Å²) in [6.45, 7) is 2.80. The van der Waals surface area contributed by atoms with Gasteiger partial charge in [-0.25, -0.2) is 4.98 Å². The van der Waals surface area contributed by atoms with Gasteiger partial charge in [0, 0.05) is 24.5 Å². The number of anilines is 1. The summed E-state index contributed by atoms with van der Waals surface area (Å²) in [5, 5.41) is 12.1. The minimum Gasteiger partial charge on any atom is -0.382 e. The van der Waals surface area contributed by atoms with Crippen molar-refractivity contribution in [1.29, 1.82) is 5.26 Å². The Hall–Kier alpha value is -1.60. The van der Waals surface area contributed by atoms with E-state index in [1.165, 1.54) is 0 Å². The topological polar surface area (TPSA) is 57.9 Å². The highest BCUT2D eigenvalue weighted by molar-refractivity contribution is 5.47. The van der Waals surface area contributed by atoms with E-state index in [2.05, 4.69) is 10.3 Å². The van der Waals surface area contributed by atoms with E-state index >= 15 is 0 Å². The number of pyridine rings is 1. The molecule has 4 heteroatoms. The number of nitriles is 1. The van der Waals surface area contributed by atoms with Crippen molar-refractivity contribution in [3.63, 3.8) is 0 Å². The van der Waals surface area contributed by atoms with E-state index in [0.29, 0.717) is 17.8 Å². The van der Waals surface area contributed by atoms with Crippen LogP contribution in [0.5, 0.6) is 0 Å². The third-order valence-electron chi connectivity index (χ3n) is 2.74. The molecule has 0 aliphatic heterocycles. The zero-order valence-electron chi connectivity index (χ0n) is 9.31. The van der Waals surface area contributed by atoms with Crippen molar-refractivity contribution in [2.75, 3.05) is 11.9 Å². The summed E-state index contributed by atoms with van der Waals surface area (Å²) >= 11 is 0. The fourth-order valence-electron chi connectivity index (χ4n) is 1.87. The summed E-state index contributed by atoms with van der Waals surface area (Å²) in [6.07, 6.45) is 4.13. The van der Waals surface area contributed by atoms with Gasteiger partial charge in [0.15, 0.2) is 0 Å². The van der Waals surface area contributed by atoms with Crippen LogP contribution in [0, 0.1) is 11.3 Å². The summed E-state index contributed by atoms with van der Waals surface area (Å²) < 4.78 is 5.49. The first-order chi connectivity index (χ1) is 7.81. The van der Waals surface area contributed by atoms with Gasteiger partial charge in [-0.1, -0.05) is 0 Å². The fourth-order valence-corrected chi connectivity index (χ4v) is 1.87. The van der Waals surface area contributed by atoms with E-state index in [9.17, 15) is 0 Å². The molecular weight excluding hydrogens is 202 g/mol. The number of nitrogens with zero attached hydrogens (tertiary/aromatic N) is 2. The number of aromatic nitrogens is 1. The van der Waals surface area contributed by atoms with Gasteiger partial charge >= 0.3 is 0 Å². The van der Waals surface area contributed by atoms with E-state index in [-0.39, 0.29) is 0 Å². The Labute approximate surface area is 95.3 Å². The fraction of sp³-hybridized carbons (Fsp3) is 0.500. The van der Waals surface area contributed by atoms with Crippen molar-refractivity contribution in [2.45, 2.75) is 31.9 Å². The van der Waals surface area contributed by atoms with E-state index in [1.807, 2.05) is 19.1 Å². The second kappa shape index (κ2) is 4.95. The van der Waals surface area contributed by atoms with Crippen LogP contribution in [0.2, 0.25) is 0 Å². The molecule has 1 heterocycles. The van der Waals surface area contributed by atoms with Crippen LogP contribution in [0.15, 0.2) is 18.3 Å². The molecule has 0 amide bonds. The Kier molecular flexibility index (Phi) is 3.37. The molecule has 1 fully saturated rings. The minimum atomic E-state index is 0.403. The summed E-state index contributed by atoms with van der Waals surface area (Å²) in [4.78, 5) is 3.93. The van der Waals surface area contributed by atoms with Crippen LogP contribution >= 0.6 is 0 Å². The van der Waals surface area contributed by atoms with Gasteiger partial charge in [0.2, 0.25) is 0 Å². The first-order valence-corrected chi connectivity index (χ1v) is 5.56. The second-order valence-electron chi connectivity index (χ2n) is 3.93. The van der Waals surface area contributed by atoms with Gasteiger partial charge in [-0.2, -0.15) is 5.26 Å². The Morgan fingerprint density at radius 3 is 3.12 bits per heavy atom. The smallest absolute Gasteiger partial charge is 0.142 e. The quantitative estimate of drug-likeness (QED) is 0.837.